The molecule has 0 bridgehead atoms. The molecule has 1 saturated heterocycles. The Bertz CT molecular complexity index is 437. The van der Waals surface area contributed by atoms with Gasteiger partial charge in [0.25, 0.3) is 0 Å². The number of anilines is 1. The molecule has 0 saturated carbocycles. The van der Waals surface area contributed by atoms with E-state index in [4.69, 9.17) is 9.63 Å². The summed E-state index contributed by atoms with van der Waals surface area (Å²) in [6.07, 6.45) is 2.11. The number of aromatic nitrogens is 1. The lowest BCUT2D eigenvalue weighted by molar-refractivity contribution is 0.140. The summed E-state index contributed by atoms with van der Waals surface area (Å²) in [4.78, 5) is 14.6. The number of rotatable bonds is 1. The summed E-state index contributed by atoms with van der Waals surface area (Å²) in [5.74, 6) is 0.781. The minimum atomic E-state index is -0.871. The minimum absolute atomic E-state index is 0.403. The molecular weight excluding hydrogens is 222 g/mol. The molecule has 0 atom stereocenters. The molecular formula is C11H15N3O3. The van der Waals surface area contributed by atoms with Crippen LogP contribution >= 0.6 is 0 Å². The van der Waals surface area contributed by atoms with E-state index in [1.807, 2.05) is 0 Å². The van der Waals surface area contributed by atoms with Gasteiger partial charge in [0.1, 0.15) is 0 Å². The highest BCUT2D eigenvalue weighted by atomic mass is 16.5. The van der Waals surface area contributed by atoms with Gasteiger partial charge in [0.05, 0.1) is 17.8 Å². The van der Waals surface area contributed by atoms with E-state index in [1.165, 1.54) is 4.90 Å². The summed E-state index contributed by atoms with van der Waals surface area (Å²) in [5, 5.41) is 13.1. The average Bonchev–Trinajstić information content (AvgIpc) is 2.96. The molecule has 1 aromatic rings. The van der Waals surface area contributed by atoms with Crippen molar-refractivity contribution in [2.45, 2.75) is 25.8 Å². The molecule has 0 spiro atoms. The first-order chi connectivity index (χ1) is 8.25. The molecule has 0 aliphatic carbocycles. The van der Waals surface area contributed by atoms with E-state index in [2.05, 4.69) is 10.1 Å². The number of hydrogen-bond donors (Lipinski definition) is 1. The molecule has 1 fully saturated rings. The third-order valence-corrected chi connectivity index (χ3v) is 3.48. The molecule has 1 amide bonds. The van der Waals surface area contributed by atoms with E-state index in [0.29, 0.717) is 19.5 Å². The van der Waals surface area contributed by atoms with Gasteiger partial charge in [-0.25, -0.2) is 4.79 Å². The van der Waals surface area contributed by atoms with Crippen LogP contribution in [0.4, 0.5) is 10.7 Å². The Morgan fingerprint density at radius 3 is 2.76 bits per heavy atom. The van der Waals surface area contributed by atoms with Crippen molar-refractivity contribution in [3.05, 3.63) is 11.3 Å². The fourth-order valence-corrected chi connectivity index (χ4v) is 2.53. The molecule has 3 rings (SSSR count). The Hall–Kier alpha value is -1.72. The van der Waals surface area contributed by atoms with Gasteiger partial charge in [0.2, 0.25) is 5.88 Å². The molecule has 0 aromatic carbocycles. The van der Waals surface area contributed by atoms with Crippen molar-refractivity contribution in [1.29, 1.82) is 0 Å². The molecule has 2 aliphatic rings. The molecule has 0 unspecified atom stereocenters. The van der Waals surface area contributed by atoms with Crippen LogP contribution in [0.2, 0.25) is 0 Å². The second kappa shape index (κ2) is 3.94. The second-order valence-electron chi connectivity index (χ2n) is 4.56. The van der Waals surface area contributed by atoms with Crippen LogP contribution in [0.15, 0.2) is 4.52 Å². The number of nitrogens with zero attached hydrogens (tertiary/aromatic N) is 3. The van der Waals surface area contributed by atoms with Gasteiger partial charge >= 0.3 is 6.09 Å². The predicted molar refractivity (Wildman–Crippen MR) is 60.1 cm³/mol. The van der Waals surface area contributed by atoms with Gasteiger partial charge in [-0.2, -0.15) is 0 Å². The van der Waals surface area contributed by atoms with Gasteiger partial charge in [0, 0.05) is 26.1 Å². The quantitative estimate of drug-likeness (QED) is 0.797. The largest absolute Gasteiger partial charge is 0.465 e. The highest BCUT2D eigenvalue weighted by Crippen LogP contribution is 2.31. The van der Waals surface area contributed by atoms with E-state index < -0.39 is 6.09 Å². The van der Waals surface area contributed by atoms with Crippen LogP contribution in [0.3, 0.4) is 0 Å². The van der Waals surface area contributed by atoms with Gasteiger partial charge in [-0.1, -0.05) is 5.16 Å². The lowest BCUT2D eigenvalue weighted by atomic mass is 10.1. The first-order valence-corrected chi connectivity index (χ1v) is 5.96. The lowest BCUT2D eigenvalue weighted by Crippen LogP contribution is -2.35. The van der Waals surface area contributed by atoms with Crippen molar-refractivity contribution in [3.8, 4) is 0 Å². The monoisotopic (exact) mass is 237 g/mol. The summed E-state index contributed by atoms with van der Waals surface area (Å²) >= 11 is 0. The lowest BCUT2D eigenvalue weighted by Gasteiger charge is -2.24. The second-order valence-corrected chi connectivity index (χ2v) is 4.56. The van der Waals surface area contributed by atoms with Crippen LogP contribution in [0.25, 0.3) is 0 Å². The molecule has 6 heteroatoms. The van der Waals surface area contributed by atoms with Gasteiger partial charge in [-0.15, -0.1) is 0 Å². The SMILES string of the molecule is O=C(O)N1CCc2noc(N3CCCC3)c2C1. The summed E-state index contributed by atoms with van der Waals surface area (Å²) in [6.45, 7) is 2.87. The number of carboxylic acid groups (broad SMARTS) is 1. The van der Waals surface area contributed by atoms with E-state index >= 15 is 0 Å². The van der Waals surface area contributed by atoms with Crippen molar-refractivity contribution in [3.63, 3.8) is 0 Å². The van der Waals surface area contributed by atoms with Crippen molar-refractivity contribution in [2.75, 3.05) is 24.5 Å². The van der Waals surface area contributed by atoms with Crippen molar-refractivity contribution >= 4 is 12.0 Å². The molecule has 3 heterocycles. The zero-order chi connectivity index (χ0) is 11.8. The topological polar surface area (TPSA) is 69.8 Å². The van der Waals surface area contributed by atoms with Crippen LogP contribution in [-0.4, -0.2) is 40.9 Å². The zero-order valence-corrected chi connectivity index (χ0v) is 9.56. The van der Waals surface area contributed by atoms with Crippen LogP contribution < -0.4 is 4.90 Å². The van der Waals surface area contributed by atoms with Crippen molar-refractivity contribution in [1.82, 2.24) is 10.1 Å². The Balaban J connectivity index is 1.88. The zero-order valence-electron chi connectivity index (χ0n) is 9.56. The van der Waals surface area contributed by atoms with Gasteiger partial charge < -0.3 is 19.4 Å². The van der Waals surface area contributed by atoms with Gasteiger partial charge in [0.15, 0.2) is 0 Å². The van der Waals surface area contributed by atoms with E-state index in [0.717, 1.165) is 43.1 Å². The first kappa shape index (κ1) is 10.4. The molecule has 6 nitrogen and oxygen atoms in total. The number of fused-ring (bicyclic) bond motifs is 1. The summed E-state index contributed by atoms with van der Waals surface area (Å²) in [6, 6.07) is 0. The van der Waals surface area contributed by atoms with Gasteiger partial charge in [-0.3, -0.25) is 0 Å². The van der Waals surface area contributed by atoms with Crippen molar-refractivity contribution < 1.29 is 14.4 Å². The van der Waals surface area contributed by atoms with Crippen molar-refractivity contribution in [2.24, 2.45) is 0 Å². The van der Waals surface area contributed by atoms with Crippen LogP contribution in [-0.2, 0) is 13.0 Å². The maximum atomic E-state index is 11.0. The Morgan fingerprint density at radius 2 is 2.06 bits per heavy atom. The fraction of sp³-hybridized carbons (Fsp3) is 0.636. The third kappa shape index (κ3) is 1.73. The summed E-state index contributed by atoms with van der Waals surface area (Å²) in [7, 11) is 0. The summed E-state index contributed by atoms with van der Waals surface area (Å²) < 4.78 is 5.39. The van der Waals surface area contributed by atoms with E-state index in [-0.39, 0.29) is 0 Å². The number of amides is 1. The predicted octanol–water partition coefficient (Wildman–Crippen LogP) is 1.31. The Morgan fingerprint density at radius 1 is 1.29 bits per heavy atom. The molecule has 92 valence electrons. The highest BCUT2D eigenvalue weighted by Gasteiger charge is 2.29. The summed E-state index contributed by atoms with van der Waals surface area (Å²) in [5.41, 5.74) is 1.88. The molecule has 17 heavy (non-hydrogen) atoms. The molecule has 0 radical (unpaired) electrons. The normalized spacial score (nSPS) is 19.5. The minimum Gasteiger partial charge on any atom is -0.465 e. The average molecular weight is 237 g/mol. The smallest absolute Gasteiger partial charge is 0.407 e. The maximum absolute atomic E-state index is 11.0. The Kier molecular flexibility index (Phi) is 2.42. The molecule has 1 N–H and O–H groups in total. The maximum Gasteiger partial charge on any atom is 0.407 e. The standard InChI is InChI=1S/C11H15N3O3/c15-11(16)14-6-3-9-8(7-14)10(17-12-9)13-4-1-2-5-13/h1-7H2,(H,15,16). The fourth-order valence-electron chi connectivity index (χ4n) is 2.53. The highest BCUT2D eigenvalue weighted by molar-refractivity contribution is 5.66. The van der Waals surface area contributed by atoms with E-state index in [9.17, 15) is 4.79 Å². The van der Waals surface area contributed by atoms with E-state index in [1.54, 1.807) is 0 Å². The number of hydrogen-bond acceptors (Lipinski definition) is 4. The van der Waals surface area contributed by atoms with Crippen LogP contribution in [0.1, 0.15) is 24.1 Å². The molecule has 2 aliphatic heterocycles. The Labute approximate surface area is 98.8 Å². The number of carbonyl (C=O) groups is 1. The first-order valence-electron chi connectivity index (χ1n) is 5.96. The molecule has 1 aromatic heterocycles. The van der Waals surface area contributed by atoms with Crippen LogP contribution in [0.5, 0.6) is 0 Å². The van der Waals surface area contributed by atoms with Gasteiger partial charge in [-0.05, 0) is 12.8 Å². The third-order valence-electron chi connectivity index (χ3n) is 3.48. The van der Waals surface area contributed by atoms with Crippen LogP contribution in [0, 0.1) is 0 Å².